The first-order chi connectivity index (χ1) is 12.0. The lowest BCUT2D eigenvalue weighted by molar-refractivity contribution is -0.118. The number of carbonyl (C=O) groups is 2. The molecule has 0 fully saturated rings. The number of anilines is 1. The van der Waals surface area contributed by atoms with Gasteiger partial charge >= 0.3 is 6.03 Å². The van der Waals surface area contributed by atoms with Crippen LogP contribution in [0.4, 0.5) is 19.3 Å². The topological polar surface area (TPSA) is 70.2 Å². The third-order valence-electron chi connectivity index (χ3n) is 3.02. The zero-order chi connectivity index (χ0) is 18.1. The first-order valence-electron chi connectivity index (χ1n) is 7.42. The van der Waals surface area contributed by atoms with Crippen LogP contribution in [-0.4, -0.2) is 30.8 Å². The summed E-state index contributed by atoms with van der Waals surface area (Å²) in [4.78, 5) is 24.9. The van der Waals surface area contributed by atoms with Crippen LogP contribution >= 0.6 is 23.1 Å². The molecule has 0 aliphatic rings. The van der Waals surface area contributed by atoms with E-state index in [1.54, 1.807) is 23.5 Å². The Kier molecular flexibility index (Phi) is 7.68. The number of hydrogen-bond acceptors (Lipinski definition) is 5. The fourth-order valence-corrected chi connectivity index (χ4v) is 3.11. The number of thiophene rings is 1. The van der Waals surface area contributed by atoms with Crippen molar-refractivity contribution in [2.75, 3.05) is 18.4 Å². The number of amides is 3. The van der Waals surface area contributed by atoms with Crippen molar-refractivity contribution >= 4 is 40.7 Å². The first-order valence-corrected chi connectivity index (χ1v) is 9.17. The zero-order valence-electron chi connectivity index (χ0n) is 13.1. The Morgan fingerprint density at radius 2 is 1.92 bits per heavy atom. The van der Waals surface area contributed by atoms with Gasteiger partial charge in [0.2, 0.25) is 5.91 Å². The van der Waals surface area contributed by atoms with Crippen molar-refractivity contribution < 1.29 is 18.4 Å². The van der Waals surface area contributed by atoms with Crippen LogP contribution in [0.15, 0.2) is 46.7 Å². The maximum absolute atomic E-state index is 12.2. The highest BCUT2D eigenvalue weighted by atomic mass is 32.2. The number of alkyl halides is 2. The number of urea groups is 1. The maximum atomic E-state index is 12.2. The van der Waals surface area contributed by atoms with Gasteiger partial charge in [0.05, 0.1) is 6.54 Å². The summed E-state index contributed by atoms with van der Waals surface area (Å²) in [5, 5.41) is 9.61. The van der Waals surface area contributed by atoms with E-state index >= 15 is 0 Å². The van der Waals surface area contributed by atoms with E-state index in [2.05, 4.69) is 16.0 Å². The molecule has 3 amide bonds. The molecule has 1 aromatic carbocycles. The van der Waals surface area contributed by atoms with Gasteiger partial charge < -0.3 is 10.6 Å². The molecule has 2 aromatic rings. The summed E-state index contributed by atoms with van der Waals surface area (Å²) in [6, 6.07) is 9.63. The van der Waals surface area contributed by atoms with E-state index in [0.29, 0.717) is 35.3 Å². The minimum absolute atomic E-state index is 0.0975. The summed E-state index contributed by atoms with van der Waals surface area (Å²) >= 11 is 2.06. The second-order valence-electron chi connectivity index (χ2n) is 4.89. The Morgan fingerprint density at radius 3 is 2.56 bits per heavy atom. The van der Waals surface area contributed by atoms with Gasteiger partial charge in [-0.25, -0.2) is 4.79 Å². The van der Waals surface area contributed by atoms with Crippen molar-refractivity contribution in [2.45, 2.75) is 17.1 Å². The van der Waals surface area contributed by atoms with E-state index in [0.717, 1.165) is 4.88 Å². The Balaban J connectivity index is 1.64. The number of rotatable bonds is 8. The van der Waals surface area contributed by atoms with Crippen LogP contribution in [0.3, 0.4) is 0 Å². The normalized spacial score (nSPS) is 10.5. The molecule has 0 saturated heterocycles. The minimum atomic E-state index is -2.47. The summed E-state index contributed by atoms with van der Waals surface area (Å²) in [5.74, 6) is -2.96. The third-order valence-corrected chi connectivity index (χ3v) is 4.68. The van der Waals surface area contributed by atoms with Gasteiger partial charge in [-0.3, -0.25) is 10.1 Å². The molecule has 3 N–H and O–H groups in total. The predicted octanol–water partition coefficient (Wildman–Crippen LogP) is 3.54. The molecular formula is C16H17F2N3O2S2. The molecule has 134 valence electrons. The van der Waals surface area contributed by atoms with E-state index < -0.39 is 17.7 Å². The lowest BCUT2D eigenvalue weighted by atomic mass is 10.3. The molecule has 0 atom stereocenters. The van der Waals surface area contributed by atoms with E-state index in [-0.39, 0.29) is 6.54 Å². The lowest BCUT2D eigenvalue weighted by Crippen LogP contribution is -2.42. The van der Waals surface area contributed by atoms with Crippen molar-refractivity contribution in [3.8, 4) is 0 Å². The highest BCUT2D eigenvalue weighted by molar-refractivity contribution is 7.99. The molecule has 0 aliphatic carbocycles. The quantitative estimate of drug-likeness (QED) is 0.608. The van der Waals surface area contributed by atoms with E-state index in [4.69, 9.17) is 0 Å². The largest absolute Gasteiger partial charge is 0.376 e. The molecule has 0 unspecified atom stereocenters. The van der Waals surface area contributed by atoms with Gasteiger partial charge in [-0.05, 0) is 42.1 Å². The monoisotopic (exact) mass is 385 g/mol. The summed E-state index contributed by atoms with van der Waals surface area (Å²) in [6.07, 6.45) is 0.709. The number of benzene rings is 1. The summed E-state index contributed by atoms with van der Waals surface area (Å²) < 4.78 is 24.4. The van der Waals surface area contributed by atoms with Crippen LogP contribution < -0.4 is 16.0 Å². The highest BCUT2D eigenvalue weighted by Crippen LogP contribution is 2.26. The van der Waals surface area contributed by atoms with Crippen LogP contribution in [0.5, 0.6) is 0 Å². The van der Waals surface area contributed by atoms with E-state index in [1.807, 2.05) is 17.5 Å². The third kappa shape index (κ3) is 7.53. The number of halogens is 2. The number of nitrogens with one attached hydrogen (secondary N) is 3. The number of imide groups is 1. The Hall–Kier alpha value is -2.13. The van der Waals surface area contributed by atoms with Crippen LogP contribution in [0.25, 0.3) is 0 Å². The Labute approximate surface area is 152 Å². The lowest BCUT2D eigenvalue weighted by Gasteiger charge is -2.08. The average Bonchev–Trinajstić information content (AvgIpc) is 3.07. The van der Waals surface area contributed by atoms with Gasteiger partial charge in [0.25, 0.3) is 5.76 Å². The Bertz CT molecular complexity index is 679. The SMILES string of the molecule is O=C(CNc1ccc(SC(F)F)cc1)NC(=O)NCCc1cccs1. The first kappa shape index (κ1) is 19.2. The number of hydrogen-bond donors (Lipinski definition) is 3. The van der Waals surface area contributed by atoms with Gasteiger partial charge in [0, 0.05) is 22.0 Å². The number of thioether (sulfide) groups is 1. The fourth-order valence-electron chi connectivity index (χ4n) is 1.91. The van der Waals surface area contributed by atoms with Gasteiger partial charge in [-0.1, -0.05) is 17.8 Å². The second kappa shape index (κ2) is 10.00. The van der Waals surface area contributed by atoms with Crippen molar-refractivity contribution in [2.24, 2.45) is 0 Å². The number of carbonyl (C=O) groups excluding carboxylic acids is 2. The molecule has 25 heavy (non-hydrogen) atoms. The van der Waals surface area contributed by atoms with Gasteiger partial charge in [0.1, 0.15) is 0 Å². The molecule has 1 heterocycles. The maximum Gasteiger partial charge on any atom is 0.321 e. The molecule has 0 aliphatic heterocycles. The molecule has 5 nitrogen and oxygen atoms in total. The smallest absolute Gasteiger partial charge is 0.321 e. The summed E-state index contributed by atoms with van der Waals surface area (Å²) in [6.45, 7) is 0.343. The molecule has 0 spiro atoms. The average molecular weight is 385 g/mol. The molecule has 0 bridgehead atoms. The van der Waals surface area contributed by atoms with Crippen molar-refractivity contribution in [3.63, 3.8) is 0 Å². The molecular weight excluding hydrogens is 368 g/mol. The minimum Gasteiger partial charge on any atom is -0.376 e. The molecule has 9 heteroatoms. The summed E-state index contributed by atoms with van der Waals surface area (Å²) in [5.41, 5.74) is 0.604. The Morgan fingerprint density at radius 1 is 1.16 bits per heavy atom. The van der Waals surface area contributed by atoms with Crippen LogP contribution in [0.1, 0.15) is 4.88 Å². The fraction of sp³-hybridized carbons (Fsp3) is 0.250. The highest BCUT2D eigenvalue weighted by Gasteiger charge is 2.08. The van der Waals surface area contributed by atoms with Gasteiger partial charge in [-0.15, -0.1) is 11.3 Å². The standard InChI is InChI=1S/C16H17F2N3O2S2/c17-15(18)25-13-5-3-11(4-6-13)20-10-14(22)21-16(23)19-8-7-12-2-1-9-24-12/h1-6,9,15,20H,7-8,10H2,(H2,19,21,22,23). The van der Waals surface area contributed by atoms with Crippen molar-refractivity contribution in [3.05, 3.63) is 46.7 Å². The molecule has 2 rings (SSSR count). The second-order valence-corrected chi connectivity index (χ2v) is 6.99. The molecule has 0 saturated carbocycles. The molecule has 1 aromatic heterocycles. The van der Waals surface area contributed by atoms with Crippen LogP contribution in [0.2, 0.25) is 0 Å². The van der Waals surface area contributed by atoms with E-state index in [1.165, 1.54) is 12.1 Å². The molecule has 0 radical (unpaired) electrons. The van der Waals surface area contributed by atoms with E-state index in [9.17, 15) is 18.4 Å². The van der Waals surface area contributed by atoms with Gasteiger partial charge in [-0.2, -0.15) is 8.78 Å². The van der Waals surface area contributed by atoms with Gasteiger partial charge in [0.15, 0.2) is 0 Å². The summed E-state index contributed by atoms with van der Waals surface area (Å²) in [7, 11) is 0. The predicted molar refractivity (Wildman–Crippen MR) is 96.4 cm³/mol. The van der Waals surface area contributed by atoms with Crippen molar-refractivity contribution in [1.82, 2.24) is 10.6 Å². The zero-order valence-corrected chi connectivity index (χ0v) is 14.8. The van der Waals surface area contributed by atoms with Crippen LogP contribution in [-0.2, 0) is 11.2 Å². The van der Waals surface area contributed by atoms with Crippen LogP contribution in [0, 0.1) is 0 Å². The van der Waals surface area contributed by atoms with Crippen molar-refractivity contribution in [1.29, 1.82) is 0 Å².